The SMILES string of the molecule is COC1CCN(Cc2ccc(OC(C)C(=O)O)c(Cl)c2)CC1. The first-order chi connectivity index (χ1) is 10.5. The van der Waals surface area contributed by atoms with Crippen LogP contribution in [0.3, 0.4) is 0 Å². The molecule has 1 unspecified atom stereocenters. The van der Waals surface area contributed by atoms with Gasteiger partial charge in [0.1, 0.15) is 5.75 Å². The molecule has 0 spiro atoms. The molecule has 122 valence electrons. The van der Waals surface area contributed by atoms with E-state index in [1.807, 2.05) is 12.1 Å². The summed E-state index contributed by atoms with van der Waals surface area (Å²) in [5, 5.41) is 9.30. The smallest absolute Gasteiger partial charge is 0.344 e. The van der Waals surface area contributed by atoms with Gasteiger partial charge in [-0.3, -0.25) is 4.90 Å². The molecule has 1 N–H and O–H groups in total. The van der Waals surface area contributed by atoms with Gasteiger partial charge >= 0.3 is 5.97 Å². The van der Waals surface area contributed by atoms with E-state index in [9.17, 15) is 4.79 Å². The molecule has 0 radical (unpaired) electrons. The summed E-state index contributed by atoms with van der Waals surface area (Å²) in [5.74, 6) is -0.612. The van der Waals surface area contributed by atoms with Gasteiger partial charge in [-0.15, -0.1) is 0 Å². The molecular weight excluding hydrogens is 306 g/mol. The van der Waals surface area contributed by atoms with Gasteiger partial charge in [-0.05, 0) is 37.5 Å². The molecular formula is C16H22ClNO4. The van der Waals surface area contributed by atoms with Crippen molar-refractivity contribution in [2.24, 2.45) is 0 Å². The van der Waals surface area contributed by atoms with Gasteiger partial charge in [-0.1, -0.05) is 17.7 Å². The Morgan fingerprint density at radius 2 is 2.14 bits per heavy atom. The van der Waals surface area contributed by atoms with Gasteiger partial charge in [0.2, 0.25) is 0 Å². The molecule has 1 aliphatic rings. The van der Waals surface area contributed by atoms with E-state index in [4.69, 9.17) is 26.2 Å². The van der Waals surface area contributed by atoms with Crippen molar-refractivity contribution in [3.63, 3.8) is 0 Å². The summed E-state index contributed by atoms with van der Waals surface area (Å²) in [4.78, 5) is 13.2. The van der Waals surface area contributed by atoms with Crippen LogP contribution in [-0.4, -0.2) is 48.4 Å². The maximum atomic E-state index is 10.8. The van der Waals surface area contributed by atoms with Crippen molar-refractivity contribution >= 4 is 17.6 Å². The standard InChI is InChI=1S/C16H22ClNO4/c1-11(16(19)20)22-15-4-3-12(9-14(15)17)10-18-7-5-13(21-2)6-8-18/h3-4,9,11,13H,5-8,10H2,1-2H3,(H,19,20). The van der Waals surface area contributed by atoms with E-state index in [1.165, 1.54) is 6.92 Å². The number of piperidine rings is 1. The Bertz CT molecular complexity index is 515. The van der Waals surface area contributed by atoms with E-state index in [1.54, 1.807) is 13.2 Å². The second-order valence-electron chi connectivity index (χ2n) is 5.57. The lowest BCUT2D eigenvalue weighted by atomic mass is 10.1. The molecule has 1 atom stereocenters. The summed E-state index contributed by atoms with van der Waals surface area (Å²) in [6.45, 7) is 4.31. The first kappa shape index (κ1) is 17.1. The number of rotatable bonds is 6. The molecule has 0 bridgehead atoms. The van der Waals surface area contributed by atoms with Crippen LogP contribution in [0.1, 0.15) is 25.3 Å². The van der Waals surface area contributed by atoms with E-state index >= 15 is 0 Å². The molecule has 0 saturated carbocycles. The van der Waals surface area contributed by atoms with Crippen molar-refractivity contribution in [2.75, 3.05) is 20.2 Å². The van der Waals surface area contributed by atoms with E-state index in [-0.39, 0.29) is 0 Å². The van der Waals surface area contributed by atoms with E-state index in [0.717, 1.165) is 38.0 Å². The first-order valence-corrected chi connectivity index (χ1v) is 7.80. The van der Waals surface area contributed by atoms with Crippen LogP contribution in [-0.2, 0) is 16.1 Å². The molecule has 1 saturated heterocycles. The zero-order chi connectivity index (χ0) is 16.1. The monoisotopic (exact) mass is 327 g/mol. The molecule has 6 heteroatoms. The third-order valence-electron chi connectivity index (χ3n) is 3.92. The van der Waals surface area contributed by atoms with Gasteiger partial charge in [0.05, 0.1) is 11.1 Å². The third-order valence-corrected chi connectivity index (χ3v) is 4.22. The maximum absolute atomic E-state index is 10.8. The number of benzene rings is 1. The summed E-state index contributed by atoms with van der Waals surface area (Å²) < 4.78 is 10.7. The largest absolute Gasteiger partial charge is 0.479 e. The van der Waals surface area contributed by atoms with Crippen LogP contribution in [0.4, 0.5) is 0 Å². The van der Waals surface area contributed by atoms with Crippen molar-refractivity contribution in [3.8, 4) is 5.75 Å². The number of carbonyl (C=O) groups is 1. The molecule has 1 heterocycles. The molecule has 1 fully saturated rings. The van der Waals surface area contributed by atoms with Gasteiger partial charge in [-0.25, -0.2) is 4.79 Å². The molecule has 2 rings (SSSR count). The van der Waals surface area contributed by atoms with Gasteiger partial charge in [0, 0.05) is 26.7 Å². The van der Waals surface area contributed by atoms with Crippen molar-refractivity contribution < 1.29 is 19.4 Å². The number of carboxylic acid groups (broad SMARTS) is 1. The molecule has 5 nitrogen and oxygen atoms in total. The summed E-state index contributed by atoms with van der Waals surface area (Å²) in [6, 6.07) is 5.51. The van der Waals surface area contributed by atoms with Gasteiger partial charge < -0.3 is 14.6 Å². The average molecular weight is 328 g/mol. The fraction of sp³-hybridized carbons (Fsp3) is 0.562. The van der Waals surface area contributed by atoms with Crippen LogP contribution in [0, 0.1) is 0 Å². The Hall–Kier alpha value is -1.30. The topological polar surface area (TPSA) is 59.0 Å². The highest BCUT2D eigenvalue weighted by atomic mass is 35.5. The van der Waals surface area contributed by atoms with Crippen LogP contribution in [0.15, 0.2) is 18.2 Å². The molecule has 1 aromatic rings. The number of methoxy groups -OCH3 is 1. The predicted molar refractivity (Wildman–Crippen MR) is 84.5 cm³/mol. The lowest BCUT2D eigenvalue weighted by Crippen LogP contribution is -2.36. The normalized spacial score (nSPS) is 18.1. The van der Waals surface area contributed by atoms with E-state index in [2.05, 4.69) is 4.90 Å². The number of aliphatic carboxylic acids is 1. The lowest BCUT2D eigenvalue weighted by molar-refractivity contribution is -0.144. The quantitative estimate of drug-likeness (QED) is 0.870. The van der Waals surface area contributed by atoms with Crippen molar-refractivity contribution in [1.82, 2.24) is 4.90 Å². The second-order valence-corrected chi connectivity index (χ2v) is 5.98. The van der Waals surface area contributed by atoms with Gasteiger partial charge in [-0.2, -0.15) is 0 Å². The molecule has 1 aliphatic heterocycles. The van der Waals surface area contributed by atoms with E-state index in [0.29, 0.717) is 16.9 Å². The fourth-order valence-electron chi connectivity index (χ4n) is 2.54. The van der Waals surface area contributed by atoms with Gasteiger partial charge in [0.25, 0.3) is 0 Å². The summed E-state index contributed by atoms with van der Waals surface area (Å²) >= 11 is 6.19. The minimum absolute atomic E-state index is 0.369. The lowest BCUT2D eigenvalue weighted by Gasteiger charge is -2.31. The number of carboxylic acids is 1. The molecule has 22 heavy (non-hydrogen) atoms. The summed E-state index contributed by atoms with van der Waals surface area (Å²) in [5.41, 5.74) is 1.09. The fourth-order valence-corrected chi connectivity index (χ4v) is 2.79. The predicted octanol–water partition coefficient (Wildman–Crippen LogP) is 2.80. The molecule has 0 aromatic heterocycles. The Labute approximate surface area is 135 Å². The minimum atomic E-state index is -1.01. The highest BCUT2D eigenvalue weighted by Gasteiger charge is 2.19. The van der Waals surface area contributed by atoms with Crippen molar-refractivity contribution in [1.29, 1.82) is 0 Å². The average Bonchev–Trinajstić information content (AvgIpc) is 2.50. The maximum Gasteiger partial charge on any atom is 0.344 e. The number of halogens is 1. The van der Waals surface area contributed by atoms with Crippen LogP contribution in [0.5, 0.6) is 5.75 Å². The van der Waals surface area contributed by atoms with Gasteiger partial charge in [0.15, 0.2) is 6.10 Å². The van der Waals surface area contributed by atoms with Crippen molar-refractivity contribution in [3.05, 3.63) is 28.8 Å². The number of likely N-dealkylation sites (tertiary alicyclic amines) is 1. The third kappa shape index (κ3) is 4.60. The minimum Gasteiger partial charge on any atom is -0.479 e. The highest BCUT2D eigenvalue weighted by Crippen LogP contribution is 2.27. The van der Waals surface area contributed by atoms with Crippen LogP contribution < -0.4 is 4.74 Å². The Kier molecular flexibility index (Phi) is 6.06. The number of ether oxygens (including phenoxy) is 2. The summed E-state index contributed by atoms with van der Waals surface area (Å²) in [6.07, 6.45) is 1.54. The zero-order valence-corrected chi connectivity index (χ0v) is 13.7. The van der Waals surface area contributed by atoms with Crippen LogP contribution in [0.25, 0.3) is 0 Å². The van der Waals surface area contributed by atoms with E-state index < -0.39 is 12.1 Å². The second kappa shape index (κ2) is 7.81. The molecule has 0 aliphatic carbocycles. The Morgan fingerprint density at radius 3 is 2.68 bits per heavy atom. The van der Waals surface area contributed by atoms with Crippen LogP contribution in [0.2, 0.25) is 5.02 Å². The molecule has 0 amide bonds. The number of hydrogen-bond acceptors (Lipinski definition) is 4. The number of hydrogen-bond donors (Lipinski definition) is 1. The Balaban J connectivity index is 1.93. The van der Waals surface area contributed by atoms with Crippen LogP contribution >= 0.6 is 11.6 Å². The Morgan fingerprint density at radius 1 is 1.45 bits per heavy atom. The highest BCUT2D eigenvalue weighted by molar-refractivity contribution is 6.32. The zero-order valence-electron chi connectivity index (χ0n) is 12.9. The van der Waals surface area contributed by atoms with Crippen molar-refractivity contribution in [2.45, 2.75) is 38.5 Å². The first-order valence-electron chi connectivity index (χ1n) is 7.42. The number of nitrogens with zero attached hydrogens (tertiary/aromatic N) is 1. The summed E-state index contributed by atoms with van der Waals surface area (Å²) in [7, 11) is 1.76. The molecule has 1 aromatic carbocycles.